The molecule has 1 aliphatic carbocycles. The van der Waals surface area contributed by atoms with Gasteiger partial charge in [-0.15, -0.1) is 0 Å². The highest BCUT2D eigenvalue weighted by Gasteiger charge is 2.28. The first-order valence-electron chi connectivity index (χ1n) is 9.69. The molecule has 1 saturated carbocycles. The molecule has 0 bridgehead atoms. The normalized spacial score (nSPS) is 20.3. The zero-order valence-electron chi connectivity index (χ0n) is 15.8. The Hall–Kier alpha value is -2.49. The summed E-state index contributed by atoms with van der Waals surface area (Å²) in [6.45, 7) is 5.06. The minimum atomic E-state index is -0.219. The number of ether oxygens (including phenoxy) is 2. The van der Waals surface area contributed by atoms with Gasteiger partial charge in [0.05, 0.1) is 13.2 Å². The van der Waals surface area contributed by atoms with E-state index in [-0.39, 0.29) is 5.82 Å². The Kier molecular flexibility index (Phi) is 5.06. The van der Waals surface area contributed by atoms with E-state index in [1.165, 1.54) is 30.5 Å². The van der Waals surface area contributed by atoms with Crippen molar-refractivity contribution in [2.75, 3.05) is 18.6 Å². The number of rotatable bonds is 5. The SMILES string of the molecule is C=C1C[C@H](c2ccc(OC)c(OC3CCCC3)c2)CN1c1ccc(F)cc1. The van der Waals surface area contributed by atoms with Crippen molar-refractivity contribution in [3.63, 3.8) is 0 Å². The van der Waals surface area contributed by atoms with Crippen molar-refractivity contribution in [1.29, 1.82) is 0 Å². The average molecular weight is 367 g/mol. The van der Waals surface area contributed by atoms with E-state index < -0.39 is 0 Å². The number of anilines is 1. The summed E-state index contributed by atoms with van der Waals surface area (Å²) in [5.74, 6) is 1.74. The number of nitrogens with zero attached hydrogens (tertiary/aromatic N) is 1. The molecule has 27 heavy (non-hydrogen) atoms. The fourth-order valence-electron chi connectivity index (χ4n) is 4.17. The van der Waals surface area contributed by atoms with E-state index in [0.717, 1.165) is 48.7 Å². The maximum absolute atomic E-state index is 13.2. The fourth-order valence-corrected chi connectivity index (χ4v) is 4.17. The summed E-state index contributed by atoms with van der Waals surface area (Å²) in [5, 5.41) is 0. The lowest BCUT2D eigenvalue weighted by Gasteiger charge is -2.20. The quantitative estimate of drug-likeness (QED) is 0.680. The van der Waals surface area contributed by atoms with Crippen LogP contribution in [0.5, 0.6) is 11.5 Å². The number of methoxy groups -OCH3 is 1. The van der Waals surface area contributed by atoms with Crippen LogP contribution >= 0.6 is 0 Å². The predicted molar refractivity (Wildman–Crippen MR) is 106 cm³/mol. The minimum Gasteiger partial charge on any atom is -0.493 e. The van der Waals surface area contributed by atoms with Gasteiger partial charge in [0.15, 0.2) is 11.5 Å². The van der Waals surface area contributed by atoms with Gasteiger partial charge in [-0.2, -0.15) is 0 Å². The van der Waals surface area contributed by atoms with Crippen LogP contribution in [0.15, 0.2) is 54.7 Å². The predicted octanol–water partition coefficient (Wildman–Crippen LogP) is 5.66. The first-order valence-corrected chi connectivity index (χ1v) is 9.69. The highest BCUT2D eigenvalue weighted by Crippen LogP contribution is 2.40. The molecule has 2 aromatic carbocycles. The van der Waals surface area contributed by atoms with E-state index in [0.29, 0.717) is 12.0 Å². The molecule has 2 aromatic rings. The maximum atomic E-state index is 13.2. The molecule has 142 valence electrons. The molecule has 1 heterocycles. The van der Waals surface area contributed by atoms with E-state index in [1.54, 1.807) is 7.11 Å². The molecule has 0 unspecified atom stereocenters. The van der Waals surface area contributed by atoms with Gasteiger partial charge in [-0.3, -0.25) is 0 Å². The van der Waals surface area contributed by atoms with Crippen LogP contribution in [-0.4, -0.2) is 19.8 Å². The minimum absolute atomic E-state index is 0.219. The monoisotopic (exact) mass is 367 g/mol. The lowest BCUT2D eigenvalue weighted by Crippen LogP contribution is -2.17. The molecular formula is C23H26FNO2. The van der Waals surface area contributed by atoms with Crippen LogP contribution in [0.1, 0.15) is 43.6 Å². The van der Waals surface area contributed by atoms with Gasteiger partial charge < -0.3 is 14.4 Å². The summed E-state index contributed by atoms with van der Waals surface area (Å²) < 4.78 is 25.0. The molecule has 4 heteroatoms. The molecule has 1 saturated heterocycles. The summed E-state index contributed by atoms with van der Waals surface area (Å²) in [6, 6.07) is 12.9. The number of allylic oxidation sites excluding steroid dienone is 1. The Morgan fingerprint density at radius 2 is 1.78 bits per heavy atom. The van der Waals surface area contributed by atoms with Crippen LogP contribution in [0.2, 0.25) is 0 Å². The second-order valence-electron chi connectivity index (χ2n) is 7.49. The summed E-state index contributed by atoms with van der Waals surface area (Å²) in [6.07, 6.45) is 5.89. The van der Waals surface area contributed by atoms with Crippen molar-refractivity contribution in [3.8, 4) is 11.5 Å². The zero-order chi connectivity index (χ0) is 18.8. The summed E-state index contributed by atoms with van der Waals surface area (Å²) in [4.78, 5) is 2.17. The van der Waals surface area contributed by atoms with Gasteiger partial charge in [-0.25, -0.2) is 4.39 Å². The second-order valence-corrected chi connectivity index (χ2v) is 7.49. The highest BCUT2D eigenvalue weighted by atomic mass is 19.1. The molecule has 0 radical (unpaired) electrons. The molecule has 1 atom stereocenters. The molecule has 0 amide bonds. The van der Waals surface area contributed by atoms with Gasteiger partial charge in [0.2, 0.25) is 0 Å². The molecule has 0 spiro atoms. The summed E-state index contributed by atoms with van der Waals surface area (Å²) in [5.41, 5.74) is 3.27. The Labute approximate surface area is 160 Å². The molecule has 0 N–H and O–H groups in total. The average Bonchev–Trinajstić information content (AvgIpc) is 3.32. The number of hydrogen-bond acceptors (Lipinski definition) is 3. The lowest BCUT2D eigenvalue weighted by atomic mass is 9.97. The largest absolute Gasteiger partial charge is 0.493 e. The molecule has 0 aromatic heterocycles. The first-order chi connectivity index (χ1) is 13.1. The summed E-state index contributed by atoms with van der Waals surface area (Å²) >= 11 is 0. The van der Waals surface area contributed by atoms with Crippen LogP contribution in [0.4, 0.5) is 10.1 Å². The Morgan fingerprint density at radius 3 is 2.48 bits per heavy atom. The number of benzene rings is 2. The van der Waals surface area contributed by atoms with E-state index >= 15 is 0 Å². The van der Waals surface area contributed by atoms with Crippen LogP contribution in [-0.2, 0) is 0 Å². The van der Waals surface area contributed by atoms with Crippen LogP contribution in [0.3, 0.4) is 0 Å². The van der Waals surface area contributed by atoms with E-state index in [9.17, 15) is 4.39 Å². The molecular weight excluding hydrogens is 341 g/mol. The standard InChI is InChI=1S/C23H26FNO2/c1-16-13-18(15-25(16)20-10-8-19(24)9-11-20)17-7-12-22(26-2)23(14-17)27-21-5-3-4-6-21/h7-12,14,18,21H,1,3-6,13,15H2,2H3/t18-/m0/s1. The molecule has 3 nitrogen and oxygen atoms in total. The second kappa shape index (κ2) is 7.63. The van der Waals surface area contributed by atoms with Crippen LogP contribution in [0.25, 0.3) is 0 Å². The van der Waals surface area contributed by atoms with Crippen molar-refractivity contribution in [2.45, 2.75) is 44.1 Å². The van der Waals surface area contributed by atoms with E-state index in [2.05, 4.69) is 23.6 Å². The first kappa shape index (κ1) is 17.9. The molecule has 1 aliphatic heterocycles. The summed E-state index contributed by atoms with van der Waals surface area (Å²) in [7, 11) is 1.68. The molecule has 2 fully saturated rings. The Morgan fingerprint density at radius 1 is 1.04 bits per heavy atom. The zero-order valence-corrected chi connectivity index (χ0v) is 15.8. The smallest absolute Gasteiger partial charge is 0.161 e. The Bertz CT molecular complexity index is 812. The topological polar surface area (TPSA) is 21.7 Å². The maximum Gasteiger partial charge on any atom is 0.161 e. The molecule has 4 rings (SSSR count). The third-order valence-electron chi connectivity index (χ3n) is 5.66. The van der Waals surface area contributed by atoms with Crippen molar-refractivity contribution < 1.29 is 13.9 Å². The van der Waals surface area contributed by atoms with Gasteiger partial charge in [-0.1, -0.05) is 12.6 Å². The van der Waals surface area contributed by atoms with E-state index in [4.69, 9.17) is 9.47 Å². The van der Waals surface area contributed by atoms with E-state index in [1.807, 2.05) is 18.2 Å². The van der Waals surface area contributed by atoms with Gasteiger partial charge >= 0.3 is 0 Å². The highest BCUT2D eigenvalue weighted by molar-refractivity contribution is 5.55. The van der Waals surface area contributed by atoms with Gasteiger partial charge in [-0.05, 0) is 74.1 Å². The van der Waals surface area contributed by atoms with Gasteiger partial charge in [0, 0.05) is 23.8 Å². The third kappa shape index (κ3) is 3.80. The van der Waals surface area contributed by atoms with Crippen molar-refractivity contribution in [1.82, 2.24) is 0 Å². The van der Waals surface area contributed by atoms with Gasteiger partial charge in [0.1, 0.15) is 5.82 Å². The van der Waals surface area contributed by atoms with Crippen molar-refractivity contribution in [3.05, 3.63) is 66.1 Å². The number of hydrogen-bond donors (Lipinski definition) is 0. The van der Waals surface area contributed by atoms with Crippen LogP contribution < -0.4 is 14.4 Å². The molecule has 2 aliphatic rings. The van der Waals surface area contributed by atoms with Gasteiger partial charge in [0.25, 0.3) is 0 Å². The van der Waals surface area contributed by atoms with Crippen molar-refractivity contribution in [2.24, 2.45) is 0 Å². The number of halogens is 1. The lowest BCUT2D eigenvalue weighted by molar-refractivity contribution is 0.200. The van der Waals surface area contributed by atoms with Crippen LogP contribution in [0, 0.1) is 5.82 Å². The Balaban J connectivity index is 1.54. The third-order valence-corrected chi connectivity index (χ3v) is 5.66. The fraction of sp³-hybridized carbons (Fsp3) is 0.391. The van der Waals surface area contributed by atoms with Crippen molar-refractivity contribution >= 4 is 5.69 Å².